The highest BCUT2D eigenvalue weighted by atomic mass is 19.1. The van der Waals surface area contributed by atoms with Crippen LogP contribution >= 0.6 is 0 Å². The van der Waals surface area contributed by atoms with Gasteiger partial charge in [0, 0.05) is 24.6 Å². The Morgan fingerprint density at radius 3 is 2.36 bits per heavy atom. The lowest BCUT2D eigenvalue weighted by atomic mass is 9.71. The smallest absolute Gasteiger partial charge is 0.263 e. The number of aliphatic hydroxyl groups is 2. The average Bonchev–Trinajstić information content (AvgIpc) is 3.34. The molecule has 0 bridgehead atoms. The highest BCUT2D eigenvalue weighted by molar-refractivity contribution is 5.96. The number of hydrogen-bond acceptors (Lipinski definition) is 6. The van der Waals surface area contributed by atoms with Crippen molar-refractivity contribution < 1.29 is 23.9 Å². The molecule has 4 rings (SSSR count). The summed E-state index contributed by atoms with van der Waals surface area (Å²) in [5, 5.41) is 24.4. The second-order valence-corrected chi connectivity index (χ2v) is 12.1. The van der Waals surface area contributed by atoms with Gasteiger partial charge in [0.1, 0.15) is 0 Å². The zero-order valence-electron chi connectivity index (χ0n) is 23.6. The van der Waals surface area contributed by atoms with Crippen LogP contribution in [0.25, 0.3) is 11.1 Å². The van der Waals surface area contributed by atoms with Crippen LogP contribution in [0.5, 0.6) is 0 Å². The van der Waals surface area contributed by atoms with Crippen molar-refractivity contribution in [1.29, 1.82) is 0 Å². The molecule has 3 aromatic rings. The third-order valence-electron chi connectivity index (χ3n) is 7.33. The van der Waals surface area contributed by atoms with Crippen LogP contribution in [0.1, 0.15) is 84.0 Å². The fourth-order valence-electron chi connectivity index (χ4n) is 5.01. The first-order valence-electron chi connectivity index (χ1n) is 13.7. The molecule has 1 heterocycles. The summed E-state index contributed by atoms with van der Waals surface area (Å²) in [5.74, 6) is 0.310. The van der Waals surface area contributed by atoms with Crippen LogP contribution in [-0.2, 0) is 22.5 Å². The standard InChI is InChI=1S/C31H40FN3O4/c1-29(2,32)28-33-26(34-39-28)12-7-6-8-17-35(27(36)23-19-31(5,38)20-23)25-11-9-10-22(18-25)21-13-15-24(16-14-21)30(3,4)37/h9-11,13-16,18,23,37-38H,6-8,12,17,19-20H2,1-5H3/t23-,31+. The minimum absolute atomic E-state index is 0.0137. The van der Waals surface area contributed by atoms with Gasteiger partial charge in [-0.15, -0.1) is 0 Å². The number of unbranched alkanes of at least 4 members (excludes halogenated alkanes) is 2. The summed E-state index contributed by atoms with van der Waals surface area (Å²) in [6, 6.07) is 15.7. The van der Waals surface area contributed by atoms with Gasteiger partial charge in [-0.3, -0.25) is 4.79 Å². The van der Waals surface area contributed by atoms with Crippen LogP contribution in [0.4, 0.5) is 10.1 Å². The maximum atomic E-state index is 14.0. The second kappa shape index (κ2) is 11.2. The third kappa shape index (κ3) is 7.31. The number of carbonyl (C=O) groups is 1. The third-order valence-corrected chi connectivity index (χ3v) is 7.33. The van der Waals surface area contributed by atoms with Crippen molar-refractivity contribution in [3.63, 3.8) is 0 Å². The molecule has 1 aromatic heterocycles. The van der Waals surface area contributed by atoms with Crippen LogP contribution in [-0.4, -0.2) is 38.4 Å². The molecule has 8 heteroatoms. The van der Waals surface area contributed by atoms with Gasteiger partial charge in [0.25, 0.3) is 5.89 Å². The van der Waals surface area contributed by atoms with E-state index in [9.17, 15) is 19.4 Å². The lowest BCUT2D eigenvalue weighted by molar-refractivity contribution is -0.136. The highest BCUT2D eigenvalue weighted by Gasteiger charge is 2.44. The summed E-state index contributed by atoms with van der Waals surface area (Å²) in [6.45, 7) is 8.61. The van der Waals surface area contributed by atoms with Crippen molar-refractivity contribution in [2.24, 2.45) is 5.92 Å². The van der Waals surface area contributed by atoms with Gasteiger partial charge in [-0.1, -0.05) is 48.0 Å². The number of carbonyl (C=O) groups excluding carboxylic acids is 1. The molecule has 0 unspecified atom stereocenters. The average molecular weight is 538 g/mol. The van der Waals surface area contributed by atoms with E-state index in [-0.39, 0.29) is 17.7 Å². The normalized spacial score (nSPS) is 19.5. The molecule has 0 saturated heterocycles. The number of hydrogen-bond donors (Lipinski definition) is 2. The molecular weight excluding hydrogens is 497 g/mol. The summed E-state index contributed by atoms with van der Waals surface area (Å²) in [5.41, 5.74) is 0.281. The van der Waals surface area contributed by atoms with Crippen molar-refractivity contribution in [3.8, 4) is 11.1 Å². The Morgan fingerprint density at radius 2 is 1.77 bits per heavy atom. The number of benzene rings is 2. The lowest BCUT2D eigenvalue weighted by Gasteiger charge is -2.42. The van der Waals surface area contributed by atoms with Crippen molar-refractivity contribution in [3.05, 3.63) is 65.8 Å². The SMILES string of the molecule is CC(C)(O)c1ccc(-c2cccc(N(CCCCCc3noc(C(C)(C)F)n3)C(=O)[C@H]3C[C@@](C)(O)C3)c2)cc1. The molecule has 0 aliphatic heterocycles. The first kappa shape index (κ1) is 28.9. The first-order chi connectivity index (χ1) is 18.2. The molecular formula is C31H40FN3O4. The maximum absolute atomic E-state index is 14.0. The molecule has 7 nitrogen and oxygen atoms in total. The summed E-state index contributed by atoms with van der Waals surface area (Å²) in [7, 11) is 0. The van der Waals surface area contributed by atoms with Crippen LogP contribution in [0.15, 0.2) is 53.1 Å². The van der Waals surface area contributed by atoms with E-state index in [1.54, 1.807) is 20.8 Å². The molecule has 1 fully saturated rings. The first-order valence-corrected chi connectivity index (χ1v) is 13.7. The number of aryl methyl sites for hydroxylation is 1. The zero-order chi connectivity index (χ0) is 28.4. The highest BCUT2D eigenvalue weighted by Crippen LogP contribution is 2.39. The monoisotopic (exact) mass is 537 g/mol. The van der Waals surface area contributed by atoms with Gasteiger partial charge < -0.3 is 19.6 Å². The van der Waals surface area contributed by atoms with Crippen LogP contribution in [0, 0.1) is 5.92 Å². The number of halogens is 1. The van der Waals surface area contributed by atoms with Gasteiger partial charge in [0.15, 0.2) is 11.5 Å². The Hall–Kier alpha value is -3.10. The van der Waals surface area contributed by atoms with Crippen molar-refractivity contribution in [2.45, 2.75) is 90.0 Å². The van der Waals surface area contributed by atoms with Crippen LogP contribution in [0.3, 0.4) is 0 Å². The van der Waals surface area contributed by atoms with E-state index in [4.69, 9.17) is 4.52 Å². The predicted molar refractivity (Wildman–Crippen MR) is 149 cm³/mol. The van der Waals surface area contributed by atoms with Crippen LogP contribution < -0.4 is 4.90 Å². The number of nitrogens with zero attached hydrogens (tertiary/aromatic N) is 3. The Bertz CT molecular complexity index is 1260. The van der Waals surface area contributed by atoms with E-state index in [0.29, 0.717) is 31.6 Å². The Labute approximate surface area is 230 Å². The number of aromatic nitrogens is 2. The van der Waals surface area contributed by atoms with Crippen molar-refractivity contribution in [1.82, 2.24) is 10.1 Å². The maximum Gasteiger partial charge on any atom is 0.263 e. The van der Waals surface area contributed by atoms with Crippen molar-refractivity contribution in [2.75, 3.05) is 11.4 Å². The number of anilines is 1. The molecule has 1 aliphatic rings. The van der Waals surface area contributed by atoms with E-state index in [1.807, 2.05) is 53.4 Å². The molecule has 39 heavy (non-hydrogen) atoms. The lowest BCUT2D eigenvalue weighted by Crippen LogP contribution is -2.50. The minimum Gasteiger partial charge on any atom is -0.390 e. The Kier molecular flexibility index (Phi) is 8.28. The van der Waals surface area contributed by atoms with E-state index >= 15 is 0 Å². The molecule has 210 valence electrons. The van der Waals surface area contributed by atoms with Gasteiger partial charge in [-0.25, -0.2) is 4.39 Å². The summed E-state index contributed by atoms with van der Waals surface area (Å²) in [6.07, 6.45) is 3.91. The van der Waals surface area contributed by atoms with Gasteiger partial charge in [-0.2, -0.15) is 4.98 Å². The molecule has 1 saturated carbocycles. The summed E-state index contributed by atoms with van der Waals surface area (Å²) < 4.78 is 19.0. The van der Waals surface area contributed by atoms with E-state index in [1.165, 1.54) is 13.8 Å². The van der Waals surface area contributed by atoms with Gasteiger partial charge in [0.2, 0.25) is 5.91 Å². The summed E-state index contributed by atoms with van der Waals surface area (Å²) >= 11 is 0. The Balaban J connectivity index is 1.44. The van der Waals surface area contributed by atoms with Gasteiger partial charge >= 0.3 is 0 Å². The van der Waals surface area contributed by atoms with E-state index in [2.05, 4.69) is 10.1 Å². The summed E-state index contributed by atoms with van der Waals surface area (Å²) in [4.78, 5) is 19.5. The van der Waals surface area contributed by atoms with Gasteiger partial charge in [-0.05, 0) is 89.1 Å². The van der Waals surface area contributed by atoms with Gasteiger partial charge in [0.05, 0.1) is 11.2 Å². The fourth-order valence-corrected chi connectivity index (χ4v) is 5.01. The molecule has 0 atom stereocenters. The topological polar surface area (TPSA) is 99.7 Å². The second-order valence-electron chi connectivity index (χ2n) is 12.1. The quantitative estimate of drug-likeness (QED) is 0.288. The largest absolute Gasteiger partial charge is 0.390 e. The molecule has 0 radical (unpaired) electrons. The molecule has 2 N–H and O–H groups in total. The van der Waals surface area contributed by atoms with Crippen LogP contribution in [0.2, 0.25) is 0 Å². The number of rotatable bonds is 11. The molecule has 1 aliphatic carbocycles. The Morgan fingerprint density at radius 1 is 1.08 bits per heavy atom. The fraction of sp³-hybridized carbons (Fsp3) is 0.516. The van der Waals surface area contributed by atoms with Crippen molar-refractivity contribution >= 4 is 11.6 Å². The molecule has 0 spiro atoms. The molecule has 1 amide bonds. The molecule has 2 aromatic carbocycles. The van der Waals surface area contributed by atoms with E-state index < -0.39 is 16.9 Å². The number of amides is 1. The zero-order valence-corrected chi connectivity index (χ0v) is 23.6. The van der Waals surface area contributed by atoms with E-state index in [0.717, 1.165) is 41.6 Å². The predicted octanol–water partition coefficient (Wildman–Crippen LogP) is 6.08. The number of alkyl halides is 1. The minimum atomic E-state index is -1.66.